The van der Waals surface area contributed by atoms with Crippen LogP contribution in [0.1, 0.15) is 22.8 Å². The average molecular weight is 395 g/mol. The summed E-state index contributed by atoms with van der Waals surface area (Å²) in [4.78, 5) is 35.1. The van der Waals surface area contributed by atoms with Gasteiger partial charge in [-0.15, -0.1) is 0 Å². The van der Waals surface area contributed by atoms with Crippen molar-refractivity contribution >= 4 is 52.4 Å². The van der Waals surface area contributed by atoms with Gasteiger partial charge < -0.3 is 15.4 Å². The minimum atomic E-state index is -0.700. The van der Waals surface area contributed by atoms with Gasteiger partial charge in [-0.25, -0.2) is 4.79 Å². The zero-order valence-corrected chi connectivity index (χ0v) is 15.6. The maximum absolute atomic E-state index is 12.1. The van der Waals surface area contributed by atoms with Crippen LogP contribution in [0, 0.1) is 6.92 Å². The largest absolute Gasteiger partial charge is 0.452 e. The third kappa shape index (κ3) is 5.21. The summed E-state index contributed by atoms with van der Waals surface area (Å²) in [5.74, 6) is -1.54. The maximum Gasteiger partial charge on any atom is 0.338 e. The Morgan fingerprint density at radius 1 is 1.08 bits per heavy atom. The minimum Gasteiger partial charge on any atom is -0.452 e. The molecular formula is C18H16Cl2N2O4. The van der Waals surface area contributed by atoms with E-state index in [0.29, 0.717) is 10.7 Å². The Kier molecular flexibility index (Phi) is 6.60. The topological polar surface area (TPSA) is 84.5 Å². The predicted molar refractivity (Wildman–Crippen MR) is 101 cm³/mol. The molecule has 0 radical (unpaired) electrons. The Bertz CT molecular complexity index is 868. The molecule has 0 heterocycles. The van der Waals surface area contributed by atoms with Crippen molar-refractivity contribution in [1.29, 1.82) is 0 Å². The summed E-state index contributed by atoms with van der Waals surface area (Å²) in [6.07, 6.45) is 0. The molecule has 136 valence electrons. The van der Waals surface area contributed by atoms with Gasteiger partial charge in [0.1, 0.15) is 0 Å². The summed E-state index contributed by atoms with van der Waals surface area (Å²) in [6, 6.07) is 9.52. The number of hydrogen-bond acceptors (Lipinski definition) is 4. The number of carbonyl (C=O) groups excluding carboxylic acids is 3. The van der Waals surface area contributed by atoms with Crippen LogP contribution in [0.15, 0.2) is 36.4 Å². The van der Waals surface area contributed by atoms with Crippen molar-refractivity contribution in [1.82, 2.24) is 0 Å². The number of rotatable bonds is 5. The van der Waals surface area contributed by atoms with Crippen molar-refractivity contribution in [3.8, 4) is 0 Å². The zero-order chi connectivity index (χ0) is 19.3. The lowest BCUT2D eigenvalue weighted by molar-refractivity contribution is -0.119. The third-order valence-electron chi connectivity index (χ3n) is 3.30. The predicted octanol–water partition coefficient (Wildman–Crippen LogP) is 4.06. The molecule has 2 aromatic rings. The third-order valence-corrected chi connectivity index (χ3v) is 4.10. The van der Waals surface area contributed by atoms with E-state index in [2.05, 4.69) is 10.6 Å². The SMILES string of the molecule is CC(=O)Nc1cccc(C(=O)OCC(=O)Nc2c(Cl)ccc(C)c2Cl)c1. The smallest absolute Gasteiger partial charge is 0.338 e. The Morgan fingerprint density at radius 2 is 1.81 bits per heavy atom. The van der Waals surface area contributed by atoms with Gasteiger partial charge in [-0.3, -0.25) is 9.59 Å². The van der Waals surface area contributed by atoms with E-state index in [0.717, 1.165) is 5.56 Å². The molecule has 0 atom stereocenters. The molecule has 26 heavy (non-hydrogen) atoms. The lowest BCUT2D eigenvalue weighted by atomic mass is 10.2. The van der Waals surface area contributed by atoms with Gasteiger partial charge >= 0.3 is 5.97 Å². The highest BCUT2D eigenvalue weighted by Gasteiger charge is 2.15. The monoisotopic (exact) mass is 394 g/mol. The van der Waals surface area contributed by atoms with Crippen LogP contribution in [0.4, 0.5) is 11.4 Å². The molecular weight excluding hydrogens is 379 g/mol. The molecule has 2 rings (SSSR count). The van der Waals surface area contributed by atoms with Gasteiger partial charge in [0.25, 0.3) is 5.91 Å². The van der Waals surface area contributed by atoms with Crippen LogP contribution < -0.4 is 10.6 Å². The summed E-state index contributed by atoms with van der Waals surface area (Å²) in [7, 11) is 0. The highest BCUT2D eigenvalue weighted by Crippen LogP contribution is 2.32. The molecule has 0 saturated carbocycles. The van der Waals surface area contributed by atoms with Crippen LogP contribution in [-0.4, -0.2) is 24.4 Å². The fraction of sp³-hybridized carbons (Fsp3) is 0.167. The fourth-order valence-electron chi connectivity index (χ4n) is 2.09. The number of nitrogens with one attached hydrogen (secondary N) is 2. The van der Waals surface area contributed by atoms with Crippen LogP contribution >= 0.6 is 23.2 Å². The van der Waals surface area contributed by atoms with Crippen LogP contribution in [0.5, 0.6) is 0 Å². The van der Waals surface area contributed by atoms with E-state index in [1.165, 1.54) is 19.1 Å². The van der Waals surface area contributed by atoms with Crippen LogP contribution in [0.2, 0.25) is 10.0 Å². The highest BCUT2D eigenvalue weighted by atomic mass is 35.5. The number of benzene rings is 2. The number of aryl methyl sites for hydroxylation is 1. The van der Waals surface area contributed by atoms with Crippen molar-refractivity contribution in [2.24, 2.45) is 0 Å². The molecule has 0 bridgehead atoms. The van der Waals surface area contributed by atoms with E-state index in [1.807, 2.05) is 0 Å². The van der Waals surface area contributed by atoms with Gasteiger partial charge in [-0.1, -0.05) is 35.3 Å². The van der Waals surface area contributed by atoms with Crippen molar-refractivity contribution in [3.63, 3.8) is 0 Å². The number of ether oxygens (including phenoxy) is 1. The first-order chi connectivity index (χ1) is 12.3. The second-order valence-corrected chi connectivity index (χ2v) is 6.22. The molecule has 0 aliphatic carbocycles. The molecule has 8 heteroatoms. The number of anilines is 2. The van der Waals surface area contributed by atoms with Gasteiger partial charge in [0.05, 0.1) is 21.3 Å². The first-order valence-corrected chi connectivity index (χ1v) is 8.32. The standard InChI is InChI=1S/C18H16Cl2N2O4/c1-10-6-7-14(19)17(16(10)20)22-15(24)9-26-18(25)12-4-3-5-13(8-12)21-11(2)23/h3-8H,9H2,1-2H3,(H,21,23)(H,22,24). The number of halogens is 2. The zero-order valence-electron chi connectivity index (χ0n) is 14.1. The Labute approximate surface area is 160 Å². The summed E-state index contributed by atoms with van der Waals surface area (Å²) in [6.45, 7) is 2.62. The molecule has 0 unspecified atom stereocenters. The molecule has 0 fully saturated rings. The molecule has 0 aliphatic rings. The van der Waals surface area contributed by atoms with Crippen molar-refractivity contribution in [2.45, 2.75) is 13.8 Å². The second-order valence-electron chi connectivity index (χ2n) is 5.44. The van der Waals surface area contributed by atoms with Crippen LogP contribution in [0.25, 0.3) is 0 Å². The lowest BCUT2D eigenvalue weighted by Gasteiger charge is -2.11. The Morgan fingerprint density at radius 3 is 2.50 bits per heavy atom. The van der Waals surface area contributed by atoms with Crippen molar-refractivity contribution in [3.05, 3.63) is 57.6 Å². The Hall–Kier alpha value is -2.57. The second kappa shape index (κ2) is 8.69. The van der Waals surface area contributed by atoms with Gasteiger partial charge in [0.2, 0.25) is 5.91 Å². The first kappa shape index (κ1) is 19.8. The molecule has 2 N–H and O–H groups in total. The molecule has 0 spiro atoms. The number of carbonyl (C=O) groups is 3. The summed E-state index contributed by atoms with van der Waals surface area (Å²) < 4.78 is 4.98. The summed E-state index contributed by atoms with van der Waals surface area (Å²) in [5.41, 5.74) is 1.67. The van der Waals surface area contributed by atoms with Crippen molar-refractivity contribution < 1.29 is 19.1 Å². The van der Waals surface area contributed by atoms with E-state index >= 15 is 0 Å². The first-order valence-electron chi connectivity index (χ1n) is 7.57. The minimum absolute atomic E-state index is 0.204. The quantitative estimate of drug-likeness (QED) is 0.748. The molecule has 0 saturated heterocycles. The van der Waals surface area contributed by atoms with Gasteiger partial charge in [0, 0.05) is 12.6 Å². The molecule has 2 aromatic carbocycles. The molecule has 0 aliphatic heterocycles. The van der Waals surface area contributed by atoms with Crippen LogP contribution in [0.3, 0.4) is 0 Å². The Balaban J connectivity index is 1.98. The molecule has 2 amide bonds. The highest BCUT2D eigenvalue weighted by molar-refractivity contribution is 6.40. The number of hydrogen-bond donors (Lipinski definition) is 2. The van der Waals surface area contributed by atoms with E-state index in [9.17, 15) is 14.4 Å². The van der Waals surface area contributed by atoms with E-state index in [-0.39, 0.29) is 22.2 Å². The van der Waals surface area contributed by atoms with E-state index < -0.39 is 18.5 Å². The molecule has 0 aromatic heterocycles. The fourth-order valence-corrected chi connectivity index (χ4v) is 2.55. The number of amides is 2. The summed E-state index contributed by atoms with van der Waals surface area (Å²) in [5, 5.41) is 5.69. The maximum atomic E-state index is 12.1. The van der Waals surface area contributed by atoms with Gasteiger partial charge in [-0.2, -0.15) is 0 Å². The van der Waals surface area contributed by atoms with E-state index in [4.69, 9.17) is 27.9 Å². The van der Waals surface area contributed by atoms with Gasteiger partial charge in [0.15, 0.2) is 6.61 Å². The van der Waals surface area contributed by atoms with Crippen molar-refractivity contribution in [2.75, 3.05) is 17.2 Å². The normalized spacial score (nSPS) is 10.2. The number of esters is 1. The molecule has 6 nitrogen and oxygen atoms in total. The van der Waals surface area contributed by atoms with Gasteiger partial charge in [-0.05, 0) is 36.8 Å². The lowest BCUT2D eigenvalue weighted by Crippen LogP contribution is -2.21. The average Bonchev–Trinajstić information content (AvgIpc) is 2.59. The van der Waals surface area contributed by atoms with Crippen LogP contribution in [-0.2, 0) is 14.3 Å². The van der Waals surface area contributed by atoms with E-state index in [1.54, 1.807) is 31.2 Å². The summed E-state index contributed by atoms with van der Waals surface area (Å²) >= 11 is 12.1.